The van der Waals surface area contributed by atoms with Crippen LogP contribution in [0.15, 0.2) is 0 Å². The van der Waals surface area contributed by atoms with Crippen molar-refractivity contribution in [3.63, 3.8) is 0 Å². The van der Waals surface area contributed by atoms with E-state index in [2.05, 4.69) is 12.2 Å². The van der Waals surface area contributed by atoms with E-state index < -0.39 is 5.97 Å². The number of nitrogens with one attached hydrogen (secondary N) is 1. The summed E-state index contributed by atoms with van der Waals surface area (Å²) in [7, 11) is 0. The first-order chi connectivity index (χ1) is 6.68. The summed E-state index contributed by atoms with van der Waals surface area (Å²) in [4.78, 5) is 11.0. The molecule has 0 bridgehead atoms. The second kappa shape index (κ2) is 3.74. The molecule has 0 amide bonds. The molecule has 1 aliphatic heterocycles. The average Bonchev–Trinajstić information content (AvgIpc) is 2.74. The van der Waals surface area contributed by atoms with Crippen molar-refractivity contribution in [2.24, 2.45) is 5.92 Å². The van der Waals surface area contributed by atoms with Gasteiger partial charge in [0.2, 0.25) is 0 Å². The van der Waals surface area contributed by atoms with Gasteiger partial charge in [-0.25, -0.2) is 0 Å². The number of carboxylic acid groups (broad SMARTS) is 1. The minimum atomic E-state index is -0.698. The van der Waals surface area contributed by atoms with Gasteiger partial charge < -0.3 is 5.11 Å². The molecule has 1 aliphatic carbocycles. The van der Waals surface area contributed by atoms with Crippen LogP contribution in [0.2, 0.25) is 0 Å². The van der Waals surface area contributed by atoms with Crippen molar-refractivity contribution in [2.45, 2.75) is 43.5 Å². The molecule has 3 nitrogen and oxygen atoms in total. The van der Waals surface area contributed by atoms with Crippen LogP contribution >= 0.6 is 11.8 Å². The quantitative estimate of drug-likeness (QED) is 0.736. The van der Waals surface area contributed by atoms with E-state index in [1.807, 2.05) is 11.8 Å². The Labute approximate surface area is 88.6 Å². The highest BCUT2D eigenvalue weighted by atomic mass is 32.2. The molecular formula is C10H17NO2S. The van der Waals surface area contributed by atoms with Crippen molar-refractivity contribution in [1.29, 1.82) is 0 Å². The van der Waals surface area contributed by atoms with E-state index in [1.54, 1.807) is 0 Å². The molecule has 2 rings (SSSR count). The third-order valence-corrected chi connectivity index (χ3v) is 5.15. The first kappa shape index (κ1) is 10.3. The topological polar surface area (TPSA) is 49.3 Å². The number of carbonyl (C=O) groups is 1. The van der Waals surface area contributed by atoms with E-state index in [0.717, 1.165) is 18.6 Å². The zero-order chi connectivity index (χ0) is 10.2. The molecular weight excluding hydrogens is 198 g/mol. The van der Waals surface area contributed by atoms with Gasteiger partial charge in [-0.2, -0.15) is 0 Å². The maximum atomic E-state index is 10.9. The summed E-state index contributed by atoms with van der Waals surface area (Å²) in [6.45, 7) is 2.20. The minimum Gasteiger partial charge on any atom is -0.480 e. The van der Waals surface area contributed by atoms with Gasteiger partial charge in [0, 0.05) is 5.75 Å². The Morgan fingerprint density at radius 2 is 2.50 bits per heavy atom. The van der Waals surface area contributed by atoms with Crippen LogP contribution in [-0.4, -0.2) is 27.7 Å². The molecule has 0 aromatic rings. The van der Waals surface area contributed by atoms with E-state index in [4.69, 9.17) is 5.11 Å². The maximum absolute atomic E-state index is 10.9. The van der Waals surface area contributed by atoms with Crippen LogP contribution in [0, 0.1) is 5.92 Å². The highest BCUT2D eigenvalue weighted by Gasteiger charge is 2.49. The van der Waals surface area contributed by atoms with Crippen LogP contribution in [0.25, 0.3) is 0 Å². The van der Waals surface area contributed by atoms with Crippen molar-refractivity contribution in [3.8, 4) is 0 Å². The van der Waals surface area contributed by atoms with E-state index in [-0.39, 0.29) is 10.9 Å². The maximum Gasteiger partial charge on any atom is 0.321 e. The summed E-state index contributed by atoms with van der Waals surface area (Å²) in [5.74, 6) is 0.694. The van der Waals surface area contributed by atoms with Gasteiger partial charge >= 0.3 is 5.97 Å². The predicted molar refractivity (Wildman–Crippen MR) is 57.4 cm³/mol. The van der Waals surface area contributed by atoms with Gasteiger partial charge in [0.25, 0.3) is 0 Å². The van der Waals surface area contributed by atoms with Crippen LogP contribution < -0.4 is 5.32 Å². The second-order valence-corrected chi connectivity index (χ2v) is 5.58. The number of thioether (sulfide) groups is 1. The van der Waals surface area contributed by atoms with E-state index in [9.17, 15) is 4.79 Å². The van der Waals surface area contributed by atoms with Crippen LogP contribution in [0.1, 0.15) is 32.6 Å². The highest BCUT2D eigenvalue weighted by Crippen LogP contribution is 2.48. The SMILES string of the molecule is CCC1CCCC12NC(C(=O)O)CS2. The Bertz CT molecular complexity index is 246. The molecule has 1 spiro atoms. The van der Waals surface area contributed by atoms with Gasteiger partial charge in [-0.15, -0.1) is 11.8 Å². The lowest BCUT2D eigenvalue weighted by Gasteiger charge is -2.30. The molecule has 2 aliphatic rings. The molecule has 80 valence electrons. The largest absolute Gasteiger partial charge is 0.480 e. The molecule has 0 aromatic carbocycles. The first-order valence-electron chi connectivity index (χ1n) is 5.32. The monoisotopic (exact) mass is 215 g/mol. The van der Waals surface area contributed by atoms with Crippen molar-refractivity contribution < 1.29 is 9.90 Å². The summed E-state index contributed by atoms with van der Waals surface area (Å²) in [5, 5.41) is 12.3. The lowest BCUT2D eigenvalue weighted by molar-refractivity contribution is -0.139. The summed E-state index contributed by atoms with van der Waals surface area (Å²) >= 11 is 1.83. The third-order valence-electron chi connectivity index (χ3n) is 3.48. The van der Waals surface area contributed by atoms with E-state index >= 15 is 0 Å². The van der Waals surface area contributed by atoms with Crippen molar-refractivity contribution >= 4 is 17.7 Å². The Balaban J connectivity index is 2.08. The van der Waals surface area contributed by atoms with Gasteiger partial charge in [-0.1, -0.05) is 19.8 Å². The fourth-order valence-corrected chi connectivity index (χ4v) is 4.43. The number of hydrogen-bond acceptors (Lipinski definition) is 3. The number of aliphatic carboxylic acids is 1. The minimum absolute atomic E-state index is 0.0950. The molecule has 2 N–H and O–H groups in total. The highest BCUT2D eigenvalue weighted by molar-refractivity contribution is 8.01. The average molecular weight is 215 g/mol. The fraction of sp³-hybridized carbons (Fsp3) is 0.900. The smallest absolute Gasteiger partial charge is 0.321 e. The van der Waals surface area contributed by atoms with Gasteiger partial charge in [0.05, 0.1) is 4.87 Å². The summed E-state index contributed by atoms with van der Waals surface area (Å²) in [5.41, 5.74) is 0. The fourth-order valence-electron chi connectivity index (χ4n) is 2.71. The van der Waals surface area contributed by atoms with Gasteiger partial charge in [0.15, 0.2) is 0 Å². The summed E-state index contributed by atoms with van der Waals surface area (Å²) in [6, 6.07) is -0.327. The zero-order valence-electron chi connectivity index (χ0n) is 8.45. The van der Waals surface area contributed by atoms with Crippen molar-refractivity contribution in [3.05, 3.63) is 0 Å². The Hall–Kier alpha value is -0.220. The van der Waals surface area contributed by atoms with Gasteiger partial charge in [-0.05, 0) is 18.8 Å². The zero-order valence-corrected chi connectivity index (χ0v) is 9.27. The lowest BCUT2D eigenvalue weighted by Crippen LogP contribution is -2.47. The third kappa shape index (κ3) is 1.54. The number of carboxylic acids is 1. The number of rotatable bonds is 2. The normalized spacial score (nSPS) is 42.1. The molecule has 1 heterocycles. The Kier molecular flexibility index (Phi) is 2.75. The Morgan fingerprint density at radius 1 is 1.71 bits per heavy atom. The van der Waals surface area contributed by atoms with Crippen molar-refractivity contribution in [2.75, 3.05) is 5.75 Å². The molecule has 3 atom stereocenters. The van der Waals surface area contributed by atoms with Crippen LogP contribution in [0.4, 0.5) is 0 Å². The van der Waals surface area contributed by atoms with Crippen LogP contribution in [0.5, 0.6) is 0 Å². The molecule has 3 unspecified atom stereocenters. The lowest BCUT2D eigenvalue weighted by atomic mass is 9.99. The van der Waals surface area contributed by atoms with Gasteiger partial charge in [-0.3, -0.25) is 10.1 Å². The predicted octanol–water partition coefficient (Wildman–Crippen LogP) is 1.68. The molecule has 2 fully saturated rings. The first-order valence-corrected chi connectivity index (χ1v) is 6.31. The second-order valence-electron chi connectivity index (χ2n) is 4.23. The Morgan fingerprint density at radius 3 is 3.07 bits per heavy atom. The molecule has 14 heavy (non-hydrogen) atoms. The van der Waals surface area contributed by atoms with Crippen LogP contribution in [-0.2, 0) is 4.79 Å². The molecule has 1 saturated heterocycles. The van der Waals surface area contributed by atoms with Crippen molar-refractivity contribution in [1.82, 2.24) is 5.32 Å². The molecule has 1 saturated carbocycles. The molecule has 0 aromatic heterocycles. The molecule has 0 radical (unpaired) electrons. The number of hydrogen-bond donors (Lipinski definition) is 2. The van der Waals surface area contributed by atoms with Gasteiger partial charge in [0.1, 0.15) is 6.04 Å². The standard InChI is InChI=1S/C10H17NO2S/c1-2-7-4-3-5-10(7)11-8(6-14-10)9(12)13/h7-8,11H,2-6H2,1H3,(H,12,13). The van der Waals surface area contributed by atoms with E-state index in [1.165, 1.54) is 12.8 Å². The summed E-state index contributed by atoms with van der Waals surface area (Å²) < 4.78 is 0. The summed E-state index contributed by atoms with van der Waals surface area (Å²) in [6.07, 6.45) is 4.79. The van der Waals surface area contributed by atoms with E-state index in [0.29, 0.717) is 5.92 Å². The molecule has 4 heteroatoms. The van der Waals surface area contributed by atoms with Crippen LogP contribution in [0.3, 0.4) is 0 Å².